The van der Waals surface area contributed by atoms with E-state index in [0.29, 0.717) is 37.6 Å². The van der Waals surface area contributed by atoms with Gasteiger partial charge in [0.15, 0.2) is 17.3 Å². The van der Waals surface area contributed by atoms with Crippen molar-refractivity contribution < 1.29 is 19.4 Å². The zero-order valence-corrected chi connectivity index (χ0v) is 16.9. The molecule has 0 radical (unpaired) electrons. The minimum atomic E-state index is -0.177. The number of allylic oxidation sites excluding steroid dienone is 2. The van der Waals surface area contributed by atoms with Crippen molar-refractivity contribution >= 4 is 11.5 Å². The third-order valence-corrected chi connectivity index (χ3v) is 5.00. The van der Waals surface area contributed by atoms with Gasteiger partial charge in [-0.05, 0) is 49.4 Å². The normalized spacial score (nSPS) is 18.5. The van der Waals surface area contributed by atoms with Crippen LogP contribution in [0.1, 0.15) is 43.7 Å². The molecular weight excluding hydrogens is 366 g/mol. The third kappa shape index (κ3) is 4.86. The van der Waals surface area contributed by atoms with Crippen LogP contribution in [0.25, 0.3) is 0 Å². The van der Waals surface area contributed by atoms with E-state index in [1.807, 2.05) is 56.3 Å². The largest absolute Gasteiger partial charge is 0.511 e. The molecule has 1 aliphatic carbocycles. The molecule has 5 nitrogen and oxygen atoms in total. The maximum atomic E-state index is 12.7. The number of hydrogen-bond acceptors (Lipinski definition) is 5. The van der Waals surface area contributed by atoms with Crippen molar-refractivity contribution in [1.82, 2.24) is 0 Å². The van der Waals surface area contributed by atoms with Crippen LogP contribution in [0.5, 0.6) is 11.5 Å². The van der Waals surface area contributed by atoms with Gasteiger partial charge < -0.3 is 20.0 Å². The molecule has 0 spiro atoms. The number of ether oxygens (including phenoxy) is 2. The third-order valence-electron chi connectivity index (χ3n) is 5.00. The van der Waals surface area contributed by atoms with Crippen molar-refractivity contribution in [3.63, 3.8) is 0 Å². The second-order valence-corrected chi connectivity index (χ2v) is 7.06. The van der Waals surface area contributed by atoms with Crippen molar-refractivity contribution in [2.75, 3.05) is 13.2 Å². The zero-order valence-electron chi connectivity index (χ0n) is 16.9. The summed E-state index contributed by atoms with van der Waals surface area (Å²) in [5.74, 6) is 1.01. The molecule has 2 aromatic carbocycles. The molecule has 2 N–H and O–H groups in total. The number of rotatable bonds is 7. The van der Waals surface area contributed by atoms with Crippen LogP contribution in [0.15, 0.2) is 59.9 Å². The van der Waals surface area contributed by atoms with Crippen LogP contribution in [0.4, 0.5) is 0 Å². The van der Waals surface area contributed by atoms with Crippen LogP contribution in [0.3, 0.4) is 0 Å². The number of ketones is 1. The summed E-state index contributed by atoms with van der Waals surface area (Å²) in [7, 11) is 0. The van der Waals surface area contributed by atoms with Gasteiger partial charge in [0.1, 0.15) is 5.76 Å². The highest BCUT2D eigenvalue weighted by molar-refractivity contribution is 6.23. The summed E-state index contributed by atoms with van der Waals surface area (Å²) >= 11 is 0. The first-order valence-electron chi connectivity index (χ1n) is 10.00. The van der Waals surface area contributed by atoms with Gasteiger partial charge in [-0.25, -0.2) is 0 Å². The Bertz CT molecular complexity index is 898. The Morgan fingerprint density at radius 1 is 1.03 bits per heavy atom. The van der Waals surface area contributed by atoms with E-state index >= 15 is 0 Å². The minimum absolute atomic E-state index is 0.0113. The number of hydrogen-bond donors (Lipinski definition) is 2. The first kappa shape index (κ1) is 20.6. The van der Waals surface area contributed by atoms with Crippen molar-refractivity contribution in [3.8, 4) is 11.5 Å². The number of carbonyl (C=O) groups is 1. The Kier molecular flexibility index (Phi) is 6.70. The second-order valence-electron chi connectivity index (χ2n) is 7.06. The molecule has 152 valence electrons. The van der Waals surface area contributed by atoms with Crippen LogP contribution < -0.4 is 9.47 Å². The summed E-state index contributed by atoms with van der Waals surface area (Å²) in [5.41, 5.74) is 2.21. The molecule has 0 saturated heterocycles. The summed E-state index contributed by atoms with van der Waals surface area (Å²) in [4.78, 5) is 12.7. The number of aliphatic hydroxyl groups is 1. The molecule has 1 fully saturated rings. The molecule has 2 aromatic rings. The average molecular weight is 393 g/mol. The smallest absolute Gasteiger partial charge is 0.168 e. The van der Waals surface area contributed by atoms with E-state index in [1.54, 1.807) is 6.07 Å². The van der Waals surface area contributed by atoms with Crippen LogP contribution >= 0.6 is 0 Å². The Hall–Kier alpha value is -3.08. The fraction of sp³-hybridized carbons (Fsp3) is 0.333. The summed E-state index contributed by atoms with van der Waals surface area (Å²) in [6.45, 7) is 4.83. The van der Waals surface area contributed by atoms with Gasteiger partial charge in [0, 0.05) is 18.6 Å². The second kappa shape index (κ2) is 9.41. The highest BCUT2D eigenvalue weighted by Gasteiger charge is 2.31. The summed E-state index contributed by atoms with van der Waals surface area (Å²) in [6, 6.07) is 15.2. The van der Waals surface area contributed by atoms with Crippen molar-refractivity contribution in [1.29, 1.82) is 5.41 Å². The number of Topliss-reactive ketones (excluding diaryl/α,β-unsaturated/α-hetero) is 1. The lowest BCUT2D eigenvalue weighted by atomic mass is 9.79. The van der Waals surface area contributed by atoms with Gasteiger partial charge in [-0.15, -0.1) is 0 Å². The van der Waals surface area contributed by atoms with Gasteiger partial charge in [-0.2, -0.15) is 0 Å². The molecule has 1 atom stereocenters. The molecule has 29 heavy (non-hydrogen) atoms. The van der Waals surface area contributed by atoms with Gasteiger partial charge in [0.05, 0.1) is 18.8 Å². The van der Waals surface area contributed by atoms with Crippen LogP contribution in [0, 0.1) is 5.41 Å². The zero-order chi connectivity index (χ0) is 20.8. The van der Waals surface area contributed by atoms with Crippen molar-refractivity contribution in [2.24, 2.45) is 0 Å². The topological polar surface area (TPSA) is 79.6 Å². The molecule has 5 heteroatoms. The van der Waals surface area contributed by atoms with Gasteiger partial charge in [-0.3, -0.25) is 4.79 Å². The molecule has 1 aliphatic rings. The van der Waals surface area contributed by atoms with Gasteiger partial charge >= 0.3 is 0 Å². The predicted molar refractivity (Wildman–Crippen MR) is 113 cm³/mol. The lowest BCUT2D eigenvalue weighted by molar-refractivity contribution is -0.115. The highest BCUT2D eigenvalue weighted by atomic mass is 16.5. The van der Waals surface area contributed by atoms with E-state index in [1.165, 1.54) is 0 Å². The molecule has 0 amide bonds. The molecule has 0 aromatic heterocycles. The Balaban J connectivity index is 1.80. The number of carbonyl (C=O) groups excluding carboxylic acids is 1. The van der Waals surface area contributed by atoms with E-state index in [0.717, 1.165) is 11.1 Å². The first-order valence-corrected chi connectivity index (χ1v) is 10.00. The summed E-state index contributed by atoms with van der Waals surface area (Å²) < 4.78 is 11.2. The standard InChI is InChI=1S/C24H27NO4/c1-3-28-22-11-10-16(13-23(22)29-4-2)12-20(26)24-19(25)14-18(15-21(24)27)17-8-6-5-7-9-17/h5-11,13,18,25-26H,3-4,12,14-15H2,1-2H3/t18-/m0/s1. The fourth-order valence-corrected chi connectivity index (χ4v) is 3.70. The molecule has 0 heterocycles. The van der Waals surface area contributed by atoms with Gasteiger partial charge in [-0.1, -0.05) is 36.4 Å². The predicted octanol–water partition coefficient (Wildman–Crippen LogP) is 5.01. The molecule has 0 bridgehead atoms. The molecule has 3 rings (SSSR count). The van der Waals surface area contributed by atoms with Gasteiger partial charge in [0.25, 0.3) is 0 Å². The van der Waals surface area contributed by atoms with Crippen molar-refractivity contribution in [3.05, 3.63) is 71.0 Å². The number of benzene rings is 2. The Labute approximate surface area is 171 Å². The number of aliphatic hydroxyl groups excluding tert-OH is 1. The molecule has 0 aliphatic heterocycles. The van der Waals surface area contributed by atoms with E-state index in [4.69, 9.17) is 14.9 Å². The fourth-order valence-electron chi connectivity index (χ4n) is 3.70. The summed E-state index contributed by atoms with van der Waals surface area (Å²) in [5, 5.41) is 19.0. The average Bonchev–Trinajstić information content (AvgIpc) is 2.70. The maximum absolute atomic E-state index is 12.7. The Morgan fingerprint density at radius 2 is 1.72 bits per heavy atom. The monoisotopic (exact) mass is 393 g/mol. The minimum Gasteiger partial charge on any atom is -0.511 e. The molecular formula is C24H27NO4. The SMILES string of the molecule is CCOc1ccc(CC(O)=C2C(=N)C[C@H](c3ccccc3)CC2=O)cc1OCC. The Morgan fingerprint density at radius 3 is 2.38 bits per heavy atom. The molecule has 0 unspecified atom stereocenters. The summed E-state index contributed by atoms with van der Waals surface area (Å²) in [6.07, 6.45) is 0.924. The molecule has 1 saturated carbocycles. The van der Waals surface area contributed by atoms with Crippen molar-refractivity contribution in [2.45, 2.75) is 39.0 Å². The lowest BCUT2D eigenvalue weighted by Crippen LogP contribution is -2.26. The first-order chi connectivity index (χ1) is 14.0. The van der Waals surface area contributed by atoms with E-state index < -0.39 is 0 Å². The number of nitrogens with one attached hydrogen (secondary N) is 1. The highest BCUT2D eigenvalue weighted by Crippen LogP contribution is 2.34. The van der Waals surface area contributed by atoms with Crippen LogP contribution in [0.2, 0.25) is 0 Å². The lowest BCUT2D eigenvalue weighted by Gasteiger charge is -2.25. The van der Waals surface area contributed by atoms with Crippen LogP contribution in [-0.4, -0.2) is 29.8 Å². The maximum Gasteiger partial charge on any atom is 0.168 e. The quantitative estimate of drug-likeness (QED) is 0.512. The van der Waals surface area contributed by atoms with Crippen LogP contribution in [-0.2, 0) is 11.2 Å². The van der Waals surface area contributed by atoms with E-state index in [9.17, 15) is 9.90 Å². The van der Waals surface area contributed by atoms with E-state index in [2.05, 4.69) is 0 Å². The van der Waals surface area contributed by atoms with Gasteiger partial charge in [0.2, 0.25) is 0 Å². The van der Waals surface area contributed by atoms with E-state index in [-0.39, 0.29) is 35.2 Å².